The van der Waals surface area contributed by atoms with E-state index in [2.05, 4.69) is 54.2 Å². The maximum absolute atomic E-state index is 3.90. The van der Waals surface area contributed by atoms with Crippen molar-refractivity contribution < 1.29 is 0 Å². The van der Waals surface area contributed by atoms with Gasteiger partial charge in [-0.1, -0.05) is 60.5 Å². The van der Waals surface area contributed by atoms with Crippen LogP contribution in [0.3, 0.4) is 0 Å². The van der Waals surface area contributed by atoms with Crippen molar-refractivity contribution in [2.45, 2.75) is 54.4 Å². The van der Waals surface area contributed by atoms with Crippen LogP contribution in [0, 0.1) is 29.6 Å². The molecule has 5 unspecified atom stereocenters. The summed E-state index contributed by atoms with van der Waals surface area (Å²) in [5.74, 6) is 3.85. The van der Waals surface area contributed by atoms with Gasteiger partial charge in [0.2, 0.25) is 0 Å². The van der Waals surface area contributed by atoms with Crippen LogP contribution in [-0.4, -0.2) is 0 Å². The lowest BCUT2D eigenvalue weighted by Gasteiger charge is -2.32. The monoisotopic (exact) mass is 210 g/mol. The van der Waals surface area contributed by atoms with Gasteiger partial charge < -0.3 is 0 Å². The quantitative estimate of drug-likeness (QED) is 0.510. The minimum absolute atomic E-state index is 0.635. The van der Waals surface area contributed by atoms with E-state index in [1.807, 2.05) is 0 Å². The standard InChI is InChI=1S/C15H30/c1-8-10-12(4)14(6)15(7)13(5)11(3)9-2/h9,11-15H,2,8,10H2,1,3-7H3. The third kappa shape index (κ3) is 4.40. The van der Waals surface area contributed by atoms with Crippen molar-refractivity contribution in [3.8, 4) is 0 Å². The second kappa shape index (κ2) is 7.09. The molecule has 0 heterocycles. The molecule has 0 aliphatic rings. The van der Waals surface area contributed by atoms with Crippen molar-refractivity contribution in [3.63, 3.8) is 0 Å². The molecule has 0 aromatic rings. The van der Waals surface area contributed by atoms with Gasteiger partial charge in [0.05, 0.1) is 0 Å². The van der Waals surface area contributed by atoms with Gasteiger partial charge in [-0.3, -0.25) is 0 Å². The predicted octanol–water partition coefficient (Wildman–Crippen LogP) is 5.15. The summed E-state index contributed by atoms with van der Waals surface area (Å²) in [5.41, 5.74) is 0. The van der Waals surface area contributed by atoms with Gasteiger partial charge in [0.1, 0.15) is 0 Å². The van der Waals surface area contributed by atoms with Crippen molar-refractivity contribution in [1.29, 1.82) is 0 Å². The van der Waals surface area contributed by atoms with Crippen molar-refractivity contribution in [1.82, 2.24) is 0 Å². The number of rotatable bonds is 7. The van der Waals surface area contributed by atoms with Crippen molar-refractivity contribution in [2.75, 3.05) is 0 Å². The molecule has 0 spiro atoms. The minimum Gasteiger partial charge on any atom is -0.103 e. The largest absolute Gasteiger partial charge is 0.103 e. The average Bonchev–Trinajstić information content (AvgIpc) is 2.25. The molecule has 0 amide bonds. The van der Waals surface area contributed by atoms with Gasteiger partial charge in [0.15, 0.2) is 0 Å². The summed E-state index contributed by atoms with van der Waals surface area (Å²) in [6, 6.07) is 0. The Labute approximate surface area is 97.2 Å². The fourth-order valence-corrected chi connectivity index (χ4v) is 2.41. The predicted molar refractivity (Wildman–Crippen MR) is 70.9 cm³/mol. The van der Waals surface area contributed by atoms with Crippen molar-refractivity contribution in [3.05, 3.63) is 12.7 Å². The van der Waals surface area contributed by atoms with Gasteiger partial charge in [0.25, 0.3) is 0 Å². The zero-order valence-corrected chi connectivity index (χ0v) is 11.6. The molecular weight excluding hydrogens is 180 g/mol. The molecule has 5 atom stereocenters. The van der Waals surface area contributed by atoms with Crippen LogP contribution in [0.25, 0.3) is 0 Å². The van der Waals surface area contributed by atoms with E-state index in [4.69, 9.17) is 0 Å². The number of hydrogen-bond acceptors (Lipinski definition) is 0. The van der Waals surface area contributed by atoms with Crippen LogP contribution in [-0.2, 0) is 0 Å². The SMILES string of the molecule is C=CC(C)C(C)C(C)C(C)C(C)CCC. The lowest BCUT2D eigenvalue weighted by molar-refractivity contribution is 0.179. The second-order valence-electron chi connectivity index (χ2n) is 5.44. The Morgan fingerprint density at radius 2 is 1.47 bits per heavy atom. The Hall–Kier alpha value is -0.260. The summed E-state index contributed by atoms with van der Waals surface area (Å²) in [6.45, 7) is 18.1. The Bertz CT molecular complexity index is 171. The van der Waals surface area contributed by atoms with E-state index in [1.54, 1.807) is 0 Å². The first-order chi connectivity index (χ1) is 6.95. The molecule has 15 heavy (non-hydrogen) atoms. The molecule has 0 saturated heterocycles. The van der Waals surface area contributed by atoms with Gasteiger partial charge in [-0.2, -0.15) is 0 Å². The Morgan fingerprint density at radius 3 is 1.87 bits per heavy atom. The first kappa shape index (κ1) is 14.7. The third-order valence-corrected chi connectivity index (χ3v) is 4.50. The zero-order chi connectivity index (χ0) is 12.0. The van der Waals surface area contributed by atoms with Crippen LogP contribution < -0.4 is 0 Å². The highest BCUT2D eigenvalue weighted by atomic mass is 14.3. The highest BCUT2D eigenvalue weighted by Gasteiger charge is 2.25. The summed E-state index contributed by atoms with van der Waals surface area (Å²) in [4.78, 5) is 0. The van der Waals surface area contributed by atoms with Gasteiger partial charge >= 0.3 is 0 Å². The van der Waals surface area contributed by atoms with E-state index >= 15 is 0 Å². The molecule has 90 valence electrons. The molecule has 0 aliphatic carbocycles. The smallest absolute Gasteiger partial charge is 0.0236 e. The summed E-state index contributed by atoms with van der Waals surface area (Å²) < 4.78 is 0. The van der Waals surface area contributed by atoms with E-state index in [1.165, 1.54) is 12.8 Å². The fourth-order valence-electron chi connectivity index (χ4n) is 2.41. The lowest BCUT2D eigenvalue weighted by Crippen LogP contribution is -2.25. The van der Waals surface area contributed by atoms with Crippen molar-refractivity contribution in [2.24, 2.45) is 29.6 Å². The Kier molecular flexibility index (Phi) is 6.96. The summed E-state index contributed by atoms with van der Waals surface area (Å²) in [5, 5.41) is 0. The molecule has 0 radical (unpaired) electrons. The number of hydrogen-bond donors (Lipinski definition) is 0. The Morgan fingerprint density at radius 1 is 0.933 bits per heavy atom. The molecule has 0 aliphatic heterocycles. The maximum Gasteiger partial charge on any atom is -0.0236 e. The molecule has 0 N–H and O–H groups in total. The summed E-state index contributed by atoms with van der Waals surface area (Å²) >= 11 is 0. The first-order valence-electron chi connectivity index (χ1n) is 6.58. The van der Waals surface area contributed by atoms with E-state index in [-0.39, 0.29) is 0 Å². The lowest BCUT2D eigenvalue weighted by atomic mass is 9.73. The Balaban J connectivity index is 4.28. The molecule has 0 bridgehead atoms. The molecule has 0 nitrogen and oxygen atoms in total. The highest BCUT2D eigenvalue weighted by molar-refractivity contribution is 4.84. The van der Waals surface area contributed by atoms with Crippen LogP contribution in [0.2, 0.25) is 0 Å². The summed E-state index contributed by atoms with van der Waals surface area (Å²) in [7, 11) is 0. The first-order valence-corrected chi connectivity index (χ1v) is 6.58. The van der Waals surface area contributed by atoms with E-state index in [9.17, 15) is 0 Å². The van der Waals surface area contributed by atoms with E-state index in [0.717, 1.165) is 23.7 Å². The van der Waals surface area contributed by atoms with Gasteiger partial charge in [-0.25, -0.2) is 0 Å². The van der Waals surface area contributed by atoms with Gasteiger partial charge in [-0.05, 0) is 29.6 Å². The van der Waals surface area contributed by atoms with Crippen LogP contribution >= 0.6 is 0 Å². The fraction of sp³-hybridized carbons (Fsp3) is 0.867. The van der Waals surface area contributed by atoms with Crippen LogP contribution in [0.4, 0.5) is 0 Å². The number of allylic oxidation sites excluding steroid dienone is 1. The summed E-state index contributed by atoms with van der Waals surface area (Å²) in [6.07, 6.45) is 4.77. The van der Waals surface area contributed by atoms with Crippen LogP contribution in [0.15, 0.2) is 12.7 Å². The van der Waals surface area contributed by atoms with Crippen LogP contribution in [0.1, 0.15) is 54.4 Å². The van der Waals surface area contributed by atoms with Gasteiger partial charge in [-0.15, -0.1) is 6.58 Å². The zero-order valence-electron chi connectivity index (χ0n) is 11.6. The van der Waals surface area contributed by atoms with E-state index in [0.29, 0.717) is 5.92 Å². The average molecular weight is 210 g/mol. The molecule has 0 heteroatoms. The maximum atomic E-state index is 3.90. The molecule has 0 saturated carbocycles. The van der Waals surface area contributed by atoms with Crippen molar-refractivity contribution >= 4 is 0 Å². The molecule has 0 fully saturated rings. The third-order valence-electron chi connectivity index (χ3n) is 4.50. The minimum atomic E-state index is 0.635. The molecule has 0 aromatic carbocycles. The van der Waals surface area contributed by atoms with Crippen LogP contribution in [0.5, 0.6) is 0 Å². The van der Waals surface area contributed by atoms with Gasteiger partial charge in [0, 0.05) is 0 Å². The highest BCUT2D eigenvalue weighted by Crippen LogP contribution is 2.33. The molecule has 0 rings (SSSR count). The van der Waals surface area contributed by atoms with E-state index < -0.39 is 0 Å². The molecule has 0 aromatic heterocycles. The topological polar surface area (TPSA) is 0 Å². The normalized spacial score (nSPS) is 21.5. The second-order valence-corrected chi connectivity index (χ2v) is 5.44. The molecular formula is C15H30.